The molecule has 138 valence electrons. The van der Waals surface area contributed by atoms with Crippen molar-refractivity contribution < 1.29 is 9.53 Å². The highest BCUT2D eigenvalue weighted by Crippen LogP contribution is 2.31. The number of nitrogens with zero attached hydrogens (tertiary/aromatic N) is 3. The smallest absolute Gasteiger partial charge is 0.225 e. The predicted molar refractivity (Wildman–Crippen MR) is 104 cm³/mol. The molecule has 0 aliphatic carbocycles. The van der Waals surface area contributed by atoms with Crippen LogP contribution in [0.2, 0.25) is 10.0 Å². The number of anilines is 1. The molecule has 2 aliphatic heterocycles. The van der Waals surface area contributed by atoms with E-state index in [2.05, 4.69) is 4.90 Å². The molecular formula is C19H21Cl2N3O2. The number of ether oxygens (including phenoxy) is 1. The number of benzene rings is 1. The van der Waals surface area contributed by atoms with Gasteiger partial charge in [0.2, 0.25) is 5.91 Å². The average Bonchev–Trinajstić information content (AvgIpc) is 2.71. The summed E-state index contributed by atoms with van der Waals surface area (Å²) in [4.78, 5) is 21.5. The van der Waals surface area contributed by atoms with E-state index >= 15 is 0 Å². The van der Waals surface area contributed by atoms with E-state index in [4.69, 9.17) is 32.9 Å². The second-order valence-electron chi connectivity index (χ2n) is 6.79. The molecule has 2 fully saturated rings. The maximum Gasteiger partial charge on any atom is 0.225 e. The molecule has 0 atom stereocenters. The molecule has 0 unspecified atom stereocenters. The zero-order valence-electron chi connectivity index (χ0n) is 14.5. The van der Waals surface area contributed by atoms with Crippen LogP contribution in [0, 0.1) is 5.92 Å². The fourth-order valence-corrected chi connectivity index (χ4v) is 4.13. The van der Waals surface area contributed by atoms with Crippen LogP contribution >= 0.6 is 23.2 Å². The maximum atomic E-state index is 12.7. The summed E-state index contributed by atoms with van der Waals surface area (Å²) in [6.07, 6.45) is 1.69. The van der Waals surface area contributed by atoms with E-state index in [9.17, 15) is 4.79 Å². The molecule has 1 aromatic carbocycles. The topological polar surface area (TPSA) is 45.7 Å². The molecule has 0 spiro atoms. The summed E-state index contributed by atoms with van der Waals surface area (Å²) in [5.41, 5.74) is 0.725. The number of carbonyl (C=O) groups is 1. The fourth-order valence-electron chi connectivity index (χ4n) is 3.71. The van der Waals surface area contributed by atoms with Gasteiger partial charge in [-0.15, -0.1) is 0 Å². The fraction of sp³-hybridized carbons (Fsp3) is 0.474. The van der Waals surface area contributed by atoms with Crippen molar-refractivity contribution in [3.63, 3.8) is 0 Å². The molecule has 2 aromatic rings. The molecule has 2 saturated heterocycles. The Hall–Kier alpha value is -1.56. The third-order valence-corrected chi connectivity index (χ3v) is 5.87. The molecule has 0 bridgehead atoms. The standard InChI is InChI=1S/C19H21Cl2N3O2/c20-15-2-3-16(21)18-14(15)1-4-17(22-18)23-7-5-13(6-8-23)19(25)24-9-11-26-12-10-24/h1-4,13H,5-12H2. The van der Waals surface area contributed by atoms with Gasteiger partial charge in [-0.25, -0.2) is 4.98 Å². The Morgan fingerprint density at radius 1 is 1.00 bits per heavy atom. The van der Waals surface area contributed by atoms with E-state index in [1.165, 1.54) is 0 Å². The van der Waals surface area contributed by atoms with Crippen LogP contribution in [-0.4, -0.2) is 55.2 Å². The molecule has 1 amide bonds. The minimum atomic E-state index is 0.0999. The van der Waals surface area contributed by atoms with Crippen molar-refractivity contribution >= 4 is 45.8 Å². The highest BCUT2D eigenvalue weighted by atomic mass is 35.5. The zero-order chi connectivity index (χ0) is 18.1. The first kappa shape index (κ1) is 17.8. The van der Waals surface area contributed by atoms with Crippen LogP contribution in [0.5, 0.6) is 0 Å². The van der Waals surface area contributed by atoms with Crippen molar-refractivity contribution in [3.8, 4) is 0 Å². The van der Waals surface area contributed by atoms with Crippen molar-refractivity contribution in [2.24, 2.45) is 5.92 Å². The van der Waals surface area contributed by atoms with Gasteiger partial charge in [-0.1, -0.05) is 23.2 Å². The normalized spacial score (nSPS) is 19.2. The first-order valence-electron chi connectivity index (χ1n) is 9.00. The lowest BCUT2D eigenvalue weighted by Gasteiger charge is -2.36. The number of aromatic nitrogens is 1. The molecule has 0 N–H and O–H groups in total. The first-order chi connectivity index (χ1) is 12.6. The number of morpholine rings is 1. The first-order valence-corrected chi connectivity index (χ1v) is 9.75. The summed E-state index contributed by atoms with van der Waals surface area (Å²) in [5.74, 6) is 1.26. The Morgan fingerprint density at radius 2 is 1.69 bits per heavy atom. The number of fused-ring (bicyclic) bond motifs is 1. The minimum absolute atomic E-state index is 0.0999. The van der Waals surface area contributed by atoms with E-state index in [0.29, 0.717) is 36.3 Å². The summed E-state index contributed by atoms with van der Waals surface area (Å²) in [6.45, 7) is 4.35. The maximum absolute atomic E-state index is 12.7. The van der Waals surface area contributed by atoms with Gasteiger partial charge in [0.15, 0.2) is 0 Å². The van der Waals surface area contributed by atoms with Crippen LogP contribution in [-0.2, 0) is 9.53 Å². The highest BCUT2D eigenvalue weighted by Gasteiger charge is 2.29. The van der Waals surface area contributed by atoms with Gasteiger partial charge in [-0.05, 0) is 37.1 Å². The molecule has 3 heterocycles. The van der Waals surface area contributed by atoms with E-state index in [0.717, 1.165) is 42.7 Å². The number of hydrogen-bond acceptors (Lipinski definition) is 4. The number of hydrogen-bond donors (Lipinski definition) is 0. The molecule has 2 aliphatic rings. The van der Waals surface area contributed by atoms with Crippen LogP contribution in [0.1, 0.15) is 12.8 Å². The molecular weight excluding hydrogens is 373 g/mol. The number of pyridine rings is 1. The van der Waals surface area contributed by atoms with E-state index in [1.54, 1.807) is 12.1 Å². The monoisotopic (exact) mass is 393 g/mol. The van der Waals surface area contributed by atoms with Crippen LogP contribution in [0.3, 0.4) is 0 Å². The molecule has 4 rings (SSSR count). The predicted octanol–water partition coefficient (Wildman–Crippen LogP) is 3.62. The van der Waals surface area contributed by atoms with Crippen molar-refractivity contribution in [2.75, 3.05) is 44.3 Å². The zero-order valence-corrected chi connectivity index (χ0v) is 16.0. The largest absolute Gasteiger partial charge is 0.378 e. The van der Waals surface area contributed by atoms with E-state index in [-0.39, 0.29) is 11.8 Å². The van der Waals surface area contributed by atoms with Gasteiger partial charge >= 0.3 is 0 Å². The Bertz CT molecular complexity index is 816. The molecule has 0 radical (unpaired) electrons. The number of amides is 1. The van der Waals surface area contributed by atoms with Crippen LogP contribution in [0.25, 0.3) is 10.9 Å². The minimum Gasteiger partial charge on any atom is -0.378 e. The third-order valence-electron chi connectivity index (χ3n) is 5.23. The summed E-state index contributed by atoms with van der Waals surface area (Å²) < 4.78 is 5.33. The second kappa shape index (κ2) is 7.59. The third kappa shape index (κ3) is 3.48. The van der Waals surface area contributed by atoms with Gasteiger partial charge in [-0.3, -0.25) is 4.79 Å². The molecule has 7 heteroatoms. The SMILES string of the molecule is O=C(C1CCN(c2ccc3c(Cl)ccc(Cl)c3n2)CC1)N1CCOCC1. The van der Waals surface area contributed by atoms with Gasteiger partial charge in [-0.2, -0.15) is 0 Å². The Kier molecular flexibility index (Phi) is 5.20. The van der Waals surface area contributed by atoms with Crippen LogP contribution < -0.4 is 4.90 Å². The average molecular weight is 394 g/mol. The van der Waals surface area contributed by atoms with Gasteiger partial charge in [0.05, 0.1) is 28.8 Å². The molecule has 0 saturated carbocycles. The lowest BCUT2D eigenvalue weighted by Crippen LogP contribution is -2.46. The Labute approximate surface area is 162 Å². The number of rotatable bonds is 2. The van der Waals surface area contributed by atoms with Crippen molar-refractivity contribution in [1.29, 1.82) is 0 Å². The van der Waals surface area contributed by atoms with Gasteiger partial charge < -0.3 is 14.5 Å². The molecule has 26 heavy (non-hydrogen) atoms. The summed E-state index contributed by atoms with van der Waals surface area (Å²) >= 11 is 12.5. The van der Waals surface area contributed by atoms with Crippen LogP contribution in [0.4, 0.5) is 5.82 Å². The van der Waals surface area contributed by atoms with Crippen molar-refractivity contribution in [2.45, 2.75) is 12.8 Å². The van der Waals surface area contributed by atoms with E-state index < -0.39 is 0 Å². The number of piperidine rings is 1. The Morgan fingerprint density at radius 3 is 2.42 bits per heavy atom. The molecule has 1 aromatic heterocycles. The Balaban J connectivity index is 1.45. The summed E-state index contributed by atoms with van der Waals surface area (Å²) in [5, 5.41) is 2.11. The highest BCUT2D eigenvalue weighted by molar-refractivity contribution is 6.39. The van der Waals surface area contributed by atoms with Crippen molar-refractivity contribution in [3.05, 3.63) is 34.3 Å². The summed E-state index contributed by atoms with van der Waals surface area (Å²) in [7, 11) is 0. The van der Waals surface area contributed by atoms with Crippen molar-refractivity contribution in [1.82, 2.24) is 9.88 Å². The van der Waals surface area contributed by atoms with Gasteiger partial charge in [0.25, 0.3) is 0 Å². The number of carbonyl (C=O) groups excluding carboxylic acids is 1. The second-order valence-corrected chi connectivity index (χ2v) is 7.61. The lowest BCUT2D eigenvalue weighted by molar-refractivity contribution is -0.140. The molecule has 5 nitrogen and oxygen atoms in total. The summed E-state index contributed by atoms with van der Waals surface area (Å²) in [6, 6.07) is 7.51. The van der Waals surface area contributed by atoms with Crippen LogP contribution in [0.15, 0.2) is 24.3 Å². The quantitative estimate of drug-likeness (QED) is 0.781. The van der Waals surface area contributed by atoms with E-state index in [1.807, 2.05) is 17.0 Å². The van der Waals surface area contributed by atoms with Gasteiger partial charge in [0.1, 0.15) is 5.82 Å². The lowest BCUT2D eigenvalue weighted by atomic mass is 9.95. The van der Waals surface area contributed by atoms with Gasteiger partial charge in [0, 0.05) is 37.5 Å². The number of halogens is 2.